The Balaban J connectivity index is 1.88. The molecule has 0 aliphatic heterocycles. The van der Waals surface area contributed by atoms with E-state index in [0.29, 0.717) is 34.3 Å². The van der Waals surface area contributed by atoms with Crippen LogP contribution >= 0.6 is 35.0 Å². The van der Waals surface area contributed by atoms with E-state index in [0.717, 1.165) is 23.3 Å². The fraction of sp³-hybridized carbons (Fsp3) is 0.310. The summed E-state index contributed by atoms with van der Waals surface area (Å²) >= 11 is 14.6. The van der Waals surface area contributed by atoms with E-state index in [1.807, 2.05) is 60.7 Å². The Morgan fingerprint density at radius 1 is 0.917 bits per heavy atom. The van der Waals surface area contributed by atoms with E-state index in [4.69, 9.17) is 23.2 Å². The second-order valence-corrected chi connectivity index (χ2v) is 10.5. The van der Waals surface area contributed by atoms with Gasteiger partial charge in [-0.2, -0.15) is 0 Å². The summed E-state index contributed by atoms with van der Waals surface area (Å²) in [6.07, 6.45) is 2.54. The zero-order valence-corrected chi connectivity index (χ0v) is 22.8. The maximum absolute atomic E-state index is 13.7. The van der Waals surface area contributed by atoms with Crippen molar-refractivity contribution in [2.45, 2.75) is 50.1 Å². The van der Waals surface area contributed by atoms with Crippen LogP contribution in [0.2, 0.25) is 10.0 Å². The lowest BCUT2D eigenvalue weighted by atomic mass is 10.0. The van der Waals surface area contributed by atoms with Crippen molar-refractivity contribution < 1.29 is 9.59 Å². The highest BCUT2D eigenvalue weighted by atomic mass is 35.5. The fourth-order valence-electron chi connectivity index (χ4n) is 3.83. The van der Waals surface area contributed by atoms with Gasteiger partial charge in [-0.15, -0.1) is 11.8 Å². The summed E-state index contributed by atoms with van der Waals surface area (Å²) < 4.78 is 0. The number of hydrogen-bond acceptors (Lipinski definition) is 3. The third kappa shape index (κ3) is 8.58. The number of rotatable bonds is 13. The van der Waals surface area contributed by atoms with Crippen molar-refractivity contribution in [3.8, 4) is 0 Å². The molecule has 0 unspecified atom stereocenters. The van der Waals surface area contributed by atoms with Gasteiger partial charge in [0.15, 0.2) is 0 Å². The van der Waals surface area contributed by atoms with Crippen molar-refractivity contribution in [3.05, 3.63) is 100 Å². The summed E-state index contributed by atoms with van der Waals surface area (Å²) in [7, 11) is 0. The number of halogens is 2. The fourth-order valence-corrected chi connectivity index (χ4v) is 5.21. The largest absolute Gasteiger partial charge is 0.354 e. The first-order chi connectivity index (χ1) is 17.5. The SMILES string of the molecule is CCCCNC(=O)[C@H](Cc1ccccc1)N(Cc1c(Cl)cccc1Cl)C(=O)CCSc1ccccc1. The van der Waals surface area contributed by atoms with Gasteiger partial charge < -0.3 is 10.2 Å². The molecule has 0 saturated heterocycles. The Morgan fingerprint density at radius 3 is 2.19 bits per heavy atom. The van der Waals surface area contributed by atoms with Crippen LogP contribution in [0.1, 0.15) is 37.3 Å². The van der Waals surface area contributed by atoms with Gasteiger partial charge in [0.05, 0.1) is 0 Å². The number of amides is 2. The van der Waals surface area contributed by atoms with Gasteiger partial charge in [-0.3, -0.25) is 9.59 Å². The first-order valence-electron chi connectivity index (χ1n) is 12.2. The smallest absolute Gasteiger partial charge is 0.243 e. The average molecular weight is 544 g/mol. The standard InChI is InChI=1S/C29H32Cl2N2O2S/c1-2-3-18-32-29(35)27(20-22-11-6-4-7-12-22)33(21-24-25(30)15-10-16-26(24)31)28(34)17-19-36-23-13-8-5-9-14-23/h4-16,27H,2-3,17-21H2,1H3,(H,32,35)/t27-/m0/s1. The monoisotopic (exact) mass is 542 g/mol. The van der Waals surface area contributed by atoms with Crippen LogP contribution in [0.3, 0.4) is 0 Å². The zero-order valence-electron chi connectivity index (χ0n) is 20.5. The molecule has 0 heterocycles. The second kappa shape index (κ2) is 14.9. The van der Waals surface area contributed by atoms with E-state index in [1.54, 1.807) is 34.9 Å². The highest BCUT2D eigenvalue weighted by Gasteiger charge is 2.31. The van der Waals surface area contributed by atoms with Gasteiger partial charge in [0, 0.05) is 52.2 Å². The zero-order chi connectivity index (χ0) is 25.8. The summed E-state index contributed by atoms with van der Waals surface area (Å²) in [5.74, 6) is 0.325. The van der Waals surface area contributed by atoms with Gasteiger partial charge in [-0.25, -0.2) is 0 Å². The minimum absolute atomic E-state index is 0.110. The maximum Gasteiger partial charge on any atom is 0.243 e. The third-order valence-electron chi connectivity index (χ3n) is 5.82. The lowest BCUT2D eigenvalue weighted by Crippen LogP contribution is -2.50. The Hall–Kier alpha value is -2.47. The molecule has 0 radical (unpaired) electrons. The molecule has 0 bridgehead atoms. The summed E-state index contributed by atoms with van der Waals surface area (Å²) in [6.45, 7) is 2.80. The first kappa shape index (κ1) is 28.1. The Labute approximate surface area is 228 Å². The van der Waals surface area contributed by atoms with Gasteiger partial charge in [0.25, 0.3) is 0 Å². The van der Waals surface area contributed by atoms with Crippen LogP contribution in [0.5, 0.6) is 0 Å². The summed E-state index contributed by atoms with van der Waals surface area (Å²) in [6, 6.07) is 24.3. The molecule has 4 nitrogen and oxygen atoms in total. The Morgan fingerprint density at radius 2 is 1.56 bits per heavy atom. The van der Waals surface area contributed by atoms with E-state index in [9.17, 15) is 9.59 Å². The topological polar surface area (TPSA) is 49.4 Å². The molecule has 36 heavy (non-hydrogen) atoms. The number of thioether (sulfide) groups is 1. The Kier molecular flexibility index (Phi) is 11.7. The van der Waals surface area contributed by atoms with Crippen LogP contribution in [-0.2, 0) is 22.6 Å². The van der Waals surface area contributed by atoms with E-state index in [2.05, 4.69) is 12.2 Å². The van der Waals surface area contributed by atoms with Crippen LogP contribution in [0, 0.1) is 0 Å². The summed E-state index contributed by atoms with van der Waals surface area (Å²) in [5, 5.41) is 3.98. The predicted octanol–water partition coefficient (Wildman–Crippen LogP) is 7.03. The number of nitrogens with zero attached hydrogens (tertiary/aromatic N) is 1. The molecule has 7 heteroatoms. The van der Waals surface area contributed by atoms with Gasteiger partial charge in [-0.05, 0) is 36.2 Å². The average Bonchev–Trinajstić information content (AvgIpc) is 2.89. The molecule has 3 rings (SSSR count). The van der Waals surface area contributed by atoms with Crippen molar-refractivity contribution >= 4 is 46.8 Å². The molecule has 0 fully saturated rings. The van der Waals surface area contributed by atoms with Crippen molar-refractivity contribution in [2.75, 3.05) is 12.3 Å². The lowest BCUT2D eigenvalue weighted by molar-refractivity contribution is -0.141. The second-order valence-electron chi connectivity index (χ2n) is 8.48. The molecule has 0 aromatic heterocycles. The van der Waals surface area contributed by atoms with E-state index < -0.39 is 6.04 Å². The van der Waals surface area contributed by atoms with E-state index in [1.165, 1.54) is 0 Å². The summed E-state index contributed by atoms with van der Waals surface area (Å²) in [4.78, 5) is 29.9. The van der Waals surface area contributed by atoms with Crippen LogP contribution in [0.25, 0.3) is 0 Å². The molecule has 190 valence electrons. The van der Waals surface area contributed by atoms with Gasteiger partial charge in [0.2, 0.25) is 11.8 Å². The van der Waals surface area contributed by atoms with Crippen molar-refractivity contribution in [1.29, 1.82) is 0 Å². The third-order valence-corrected chi connectivity index (χ3v) is 7.54. The van der Waals surface area contributed by atoms with E-state index >= 15 is 0 Å². The van der Waals surface area contributed by atoms with Crippen LogP contribution in [0.15, 0.2) is 83.8 Å². The molecular weight excluding hydrogens is 511 g/mol. The molecule has 1 N–H and O–H groups in total. The normalized spacial score (nSPS) is 11.6. The van der Waals surface area contributed by atoms with Gasteiger partial charge >= 0.3 is 0 Å². The number of carbonyl (C=O) groups excluding carboxylic acids is 2. The molecule has 0 saturated carbocycles. The molecule has 0 spiro atoms. The molecular formula is C29H32Cl2N2O2S. The number of benzene rings is 3. The quantitative estimate of drug-likeness (QED) is 0.186. The minimum Gasteiger partial charge on any atom is -0.354 e. The van der Waals surface area contributed by atoms with Crippen molar-refractivity contribution in [1.82, 2.24) is 10.2 Å². The van der Waals surface area contributed by atoms with Crippen molar-refractivity contribution in [3.63, 3.8) is 0 Å². The Bertz CT molecular complexity index is 1090. The lowest BCUT2D eigenvalue weighted by Gasteiger charge is -2.32. The van der Waals surface area contributed by atoms with Crippen LogP contribution < -0.4 is 5.32 Å². The number of nitrogens with one attached hydrogen (secondary N) is 1. The predicted molar refractivity (Wildman–Crippen MR) is 151 cm³/mol. The highest BCUT2D eigenvalue weighted by molar-refractivity contribution is 7.99. The molecule has 1 atom stereocenters. The van der Waals surface area contributed by atoms with Crippen LogP contribution in [-0.4, -0.2) is 35.1 Å². The maximum atomic E-state index is 13.7. The molecule has 3 aromatic rings. The minimum atomic E-state index is -0.689. The number of unbranched alkanes of at least 4 members (excludes halogenated alkanes) is 1. The van der Waals surface area contributed by atoms with Crippen molar-refractivity contribution in [2.24, 2.45) is 0 Å². The molecule has 3 aromatic carbocycles. The number of carbonyl (C=O) groups is 2. The van der Waals surface area contributed by atoms with Gasteiger partial charge in [-0.1, -0.05) is 91.1 Å². The molecule has 2 amide bonds. The molecule has 0 aliphatic rings. The first-order valence-corrected chi connectivity index (χ1v) is 14.0. The van der Waals surface area contributed by atoms with Gasteiger partial charge in [0.1, 0.15) is 6.04 Å². The van der Waals surface area contributed by atoms with Crippen LogP contribution in [0.4, 0.5) is 0 Å². The van der Waals surface area contributed by atoms with E-state index in [-0.39, 0.29) is 24.8 Å². The number of hydrogen-bond donors (Lipinski definition) is 1. The molecule has 0 aliphatic carbocycles. The summed E-state index contributed by atoms with van der Waals surface area (Å²) in [5.41, 5.74) is 1.62. The highest BCUT2D eigenvalue weighted by Crippen LogP contribution is 2.28.